The first-order chi connectivity index (χ1) is 7.88. The Labute approximate surface area is 103 Å². The van der Waals surface area contributed by atoms with E-state index in [0.717, 1.165) is 12.5 Å². The van der Waals surface area contributed by atoms with Crippen molar-refractivity contribution in [1.29, 1.82) is 0 Å². The standard InChI is InChI=1S/C14H23NS/c1-2-13-8-9-14(16-13)11-15-10-12-6-4-3-5-7-12/h8-9,12,15H,2-7,10-11H2,1H3. The zero-order chi connectivity index (χ0) is 11.2. The molecule has 2 rings (SSSR count). The number of rotatable bonds is 5. The van der Waals surface area contributed by atoms with Crippen molar-refractivity contribution in [2.75, 3.05) is 6.54 Å². The van der Waals surface area contributed by atoms with Crippen molar-refractivity contribution in [1.82, 2.24) is 5.32 Å². The molecule has 0 amide bonds. The number of hydrogen-bond acceptors (Lipinski definition) is 2. The monoisotopic (exact) mass is 237 g/mol. The fourth-order valence-corrected chi connectivity index (χ4v) is 3.43. The van der Waals surface area contributed by atoms with Gasteiger partial charge in [-0.05, 0) is 43.9 Å². The van der Waals surface area contributed by atoms with E-state index in [4.69, 9.17) is 0 Å². The molecule has 1 saturated carbocycles. The first-order valence-electron chi connectivity index (χ1n) is 6.66. The Hall–Kier alpha value is -0.340. The van der Waals surface area contributed by atoms with Crippen molar-refractivity contribution >= 4 is 11.3 Å². The molecule has 0 unspecified atom stereocenters. The zero-order valence-electron chi connectivity index (χ0n) is 10.3. The SMILES string of the molecule is CCc1ccc(CNCC2CCCCC2)s1. The molecule has 0 radical (unpaired) electrons. The van der Waals surface area contributed by atoms with Crippen LogP contribution in [0.3, 0.4) is 0 Å². The topological polar surface area (TPSA) is 12.0 Å². The molecule has 0 spiro atoms. The summed E-state index contributed by atoms with van der Waals surface area (Å²) < 4.78 is 0. The summed E-state index contributed by atoms with van der Waals surface area (Å²) in [6, 6.07) is 4.54. The van der Waals surface area contributed by atoms with Crippen molar-refractivity contribution < 1.29 is 0 Å². The first kappa shape index (κ1) is 12.1. The molecule has 2 heteroatoms. The normalized spacial score (nSPS) is 17.8. The van der Waals surface area contributed by atoms with Crippen LogP contribution in [0.1, 0.15) is 48.8 Å². The third kappa shape index (κ3) is 3.60. The van der Waals surface area contributed by atoms with Crippen LogP contribution in [-0.4, -0.2) is 6.54 Å². The van der Waals surface area contributed by atoms with Gasteiger partial charge in [0, 0.05) is 16.3 Å². The number of thiophene rings is 1. The number of nitrogens with one attached hydrogen (secondary N) is 1. The smallest absolute Gasteiger partial charge is 0.0299 e. The molecule has 1 aliphatic rings. The maximum atomic E-state index is 3.62. The molecule has 1 fully saturated rings. The van der Waals surface area contributed by atoms with Gasteiger partial charge in [-0.3, -0.25) is 0 Å². The Morgan fingerprint density at radius 3 is 2.62 bits per heavy atom. The minimum absolute atomic E-state index is 0.944. The second-order valence-corrected chi connectivity index (χ2v) is 6.11. The Morgan fingerprint density at radius 1 is 1.19 bits per heavy atom. The highest BCUT2D eigenvalue weighted by molar-refractivity contribution is 7.11. The maximum absolute atomic E-state index is 3.62. The fourth-order valence-electron chi connectivity index (χ4n) is 2.50. The van der Waals surface area contributed by atoms with Crippen LogP contribution in [0.15, 0.2) is 12.1 Å². The molecule has 1 aliphatic carbocycles. The third-order valence-electron chi connectivity index (χ3n) is 3.52. The van der Waals surface area contributed by atoms with Gasteiger partial charge in [-0.2, -0.15) is 0 Å². The predicted octanol–water partition coefficient (Wildman–Crippen LogP) is 3.98. The summed E-state index contributed by atoms with van der Waals surface area (Å²) >= 11 is 1.96. The first-order valence-corrected chi connectivity index (χ1v) is 7.48. The molecule has 0 aromatic carbocycles. The van der Waals surface area contributed by atoms with Crippen LogP contribution in [0.25, 0.3) is 0 Å². The maximum Gasteiger partial charge on any atom is 0.0299 e. The van der Waals surface area contributed by atoms with Gasteiger partial charge in [-0.15, -0.1) is 11.3 Å². The Morgan fingerprint density at radius 2 is 1.94 bits per heavy atom. The largest absolute Gasteiger partial charge is 0.312 e. The van der Waals surface area contributed by atoms with Gasteiger partial charge in [0.2, 0.25) is 0 Å². The summed E-state index contributed by atoms with van der Waals surface area (Å²) in [5.41, 5.74) is 0. The third-order valence-corrected chi connectivity index (χ3v) is 4.75. The van der Waals surface area contributed by atoms with Crippen LogP contribution in [0, 0.1) is 5.92 Å². The van der Waals surface area contributed by atoms with Gasteiger partial charge in [0.05, 0.1) is 0 Å². The van der Waals surface area contributed by atoms with E-state index in [2.05, 4.69) is 24.4 Å². The lowest BCUT2D eigenvalue weighted by Crippen LogP contribution is -2.23. The van der Waals surface area contributed by atoms with Crippen molar-refractivity contribution in [3.8, 4) is 0 Å². The van der Waals surface area contributed by atoms with E-state index in [-0.39, 0.29) is 0 Å². The summed E-state index contributed by atoms with van der Waals surface area (Å²) in [5.74, 6) is 0.944. The van der Waals surface area contributed by atoms with E-state index in [1.54, 1.807) is 0 Å². The predicted molar refractivity (Wildman–Crippen MR) is 72.0 cm³/mol. The molecule has 16 heavy (non-hydrogen) atoms. The molecule has 1 aromatic heterocycles. The summed E-state index contributed by atoms with van der Waals surface area (Å²) in [5, 5.41) is 3.62. The molecule has 90 valence electrons. The van der Waals surface area contributed by atoms with Crippen LogP contribution in [-0.2, 0) is 13.0 Å². The van der Waals surface area contributed by atoms with Crippen molar-refractivity contribution in [2.24, 2.45) is 5.92 Å². The summed E-state index contributed by atoms with van der Waals surface area (Å²) in [7, 11) is 0. The number of hydrogen-bond donors (Lipinski definition) is 1. The van der Waals surface area contributed by atoms with Crippen molar-refractivity contribution in [3.63, 3.8) is 0 Å². The highest BCUT2D eigenvalue weighted by Crippen LogP contribution is 2.23. The highest BCUT2D eigenvalue weighted by Gasteiger charge is 2.12. The lowest BCUT2D eigenvalue weighted by atomic mass is 9.89. The van der Waals surface area contributed by atoms with Crippen LogP contribution in [0.4, 0.5) is 0 Å². The Kier molecular flexibility index (Phi) is 4.86. The molecule has 1 N–H and O–H groups in total. The average molecular weight is 237 g/mol. The molecular formula is C14H23NS. The summed E-state index contributed by atoms with van der Waals surface area (Å²) in [4.78, 5) is 3.00. The molecule has 0 atom stereocenters. The molecule has 1 heterocycles. The second-order valence-electron chi connectivity index (χ2n) is 4.86. The molecule has 0 saturated heterocycles. The zero-order valence-corrected chi connectivity index (χ0v) is 11.1. The average Bonchev–Trinajstić information content (AvgIpc) is 2.78. The lowest BCUT2D eigenvalue weighted by molar-refractivity contribution is 0.342. The molecule has 0 aliphatic heterocycles. The summed E-state index contributed by atoms with van der Waals surface area (Å²) in [6.45, 7) is 4.52. The van der Waals surface area contributed by atoms with E-state index in [1.165, 1.54) is 54.8 Å². The minimum Gasteiger partial charge on any atom is -0.312 e. The van der Waals surface area contributed by atoms with E-state index in [1.807, 2.05) is 11.3 Å². The van der Waals surface area contributed by atoms with Crippen LogP contribution in [0.5, 0.6) is 0 Å². The van der Waals surface area contributed by atoms with Crippen molar-refractivity contribution in [3.05, 3.63) is 21.9 Å². The van der Waals surface area contributed by atoms with E-state index in [9.17, 15) is 0 Å². The van der Waals surface area contributed by atoms with E-state index < -0.39 is 0 Å². The molecule has 1 aromatic rings. The number of aryl methyl sites for hydroxylation is 1. The van der Waals surface area contributed by atoms with Gasteiger partial charge >= 0.3 is 0 Å². The van der Waals surface area contributed by atoms with Gasteiger partial charge in [0.15, 0.2) is 0 Å². The van der Waals surface area contributed by atoms with Crippen LogP contribution < -0.4 is 5.32 Å². The van der Waals surface area contributed by atoms with Gasteiger partial charge < -0.3 is 5.32 Å². The molecular weight excluding hydrogens is 214 g/mol. The van der Waals surface area contributed by atoms with Crippen LogP contribution >= 0.6 is 11.3 Å². The van der Waals surface area contributed by atoms with Crippen molar-refractivity contribution in [2.45, 2.75) is 52.0 Å². The van der Waals surface area contributed by atoms with Gasteiger partial charge in [-0.1, -0.05) is 26.2 Å². The van der Waals surface area contributed by atoms with E-state index >= 15 is 0 Å². The van der Waals surface area contributed by atoms with Gasteiger partial charge in [-0.25, -0.2) is 0 Å². The second kappa shape index (κ2) is 6.41. The van der Waals surface area contributed by atoms with Gasteiger partial charge in [0.1, 0.15) is 0 Å². The van der Waals surface area contributed by atoms with Gasteiger partial charge in [0.25, 0.3) is 0 Å². The fraction of sp³-hybridized carbons (Fsp3) is 0.714. The lowest BCUT2D eigenvalue weighted by Gasteiger charge is -2.21. The Balaban J connectivity index is 1.66. The van der Waals surface area contributed by atoms with Crippen LogP contribution in [0.2, 0.25) is 0 Å². The Bertz CT molecular complexity index is 299. The summed E-state index contributed by atoms with van der Waals surface area (Å²) in [6.07, 6.45) is 8.42. The quantitative estimate of drug-likeness (QED) is 0.817. The molecule has 1 nitrogen and oxygen atoms in total. The minimum atomic E-state index is 0.944. The van der Waals surface area contributed by atoms with E-state index in [0.29, 0.717) is 0 Å². The molecule has 0 bridgehead atoms. The highest BCUT2D eigenvalue weighted by atomic mass is 32.1.